The third-order valence-electron chi connectivity index (χ3n) is 1.22. The maximum absolute atomic E-state index is 11.6. The number of aromatic nitrogens is 2. The van der Waals surface area contributed by atoms with E-state index in [1.54, 1.807) is 0 Å². The van der Waals surface area contributed by atoms with Gasteiger partial charge in [-0.2, -0.15) is 4.98 Å². The molecule has 0 atom stereocenters. The van der Waals surface area contributed by atoms with Crippen LogP contribution in [0.15, 0.2) is 10.9 Å². The number of alkyl halides is 2. The Bertz CT molecular complexity index is 203. The molecule has 0 aliphatic rings. The molecule has 0 saturated carbocycles. The molecule has 1 rings (SSSR count). The van der Waals surface area contributed by atoms with Gasteiger partial charge in [-0.05, 0) is 0 Å². The van der Waals surface area contributed by atoms with Crippen LogP contribution in [-0.2, 0) is 6.42 Å². The van der Waals surface area contributed by atoms with Crippen molar-refractivity contribution in [1.29, 1.82) is 0 Å². The first-order valence-corrected chi connectivity index (χ1v) is 3.53. The Labute approximate surface area is 68.0 Å². The summed E-state index contributed by atoms with van der Waals surface area (Å²) in [6.07, 6.45) is -0.553. The summed E-state index contributed by atoms with van der Waals surface area (Å²) in [6.45, 7) is 0.126. The summed E-state index contributed by atoms with van der Waals surface area (Å²) in [6, 6.07) is 0. The van der Waals surface area contributed by atoms with E-state index < -0.39 is 6.43 Å². The highest BCUT2D eigenvalue weighted by molar-refractivity contribution is 4.74. The fourth-order valence-corrected chi connectivity index (χ4v) is 0.713. The quantitative estimate of drug-likeness (QED) is 0.664. The van der Waals surface area contributed by atoms with Crippen LogP contribution in [0.5, 0.6) is 0 Å². The predicted octanol–water partition coefficient (Wildman–Crippen LogP) is 0.467. The number of halogens is 2. The smallest absolute Gasteiger partial charge is 0.250 e. The summed E-state index contributed by atoms with van der Waals surface area (Å²) in [5.41, 5.74) is 0. The summed E-state index contributed by atoms with van der Waals surface area (Å²) >= 11 is 0. The van der Waals surface area contributed by atoms with Crippen molar-refractivity contribution in [3.8, 4) is 0 Å². The summed E-state index contributed by atoms with van der Waals surface area (Å²) in [7, 11) is 0. The topological polar surface area (TPSA) is 51.0 Å². The molecule has 0 fully saturated rings. The van der Waals surface area contributed by atoms with Crippen molar-refractivity contribution in [3.05, 3.63) is 12.2 Å². The number of hydrogen-bond donors (Lipinski definition) is 1. The molecule has 6 heteroatoms. The van der Waals surface area contributed by atoms with Gasteiger partial charge in [-0.25, -0.2) is 8.78 Å². The van der Waals surface area contributed by atoms with Gasteiger partial charge in [-0.3, -0.25) is 0 Å². The van der Waals surface area contributed by atoms with E-state index in [1.165, 1.54) is 6.33 Å². The Morgan fingerprint density at radius 3 is 3.00 bits per heavy atom. The van der Waals surface area contributed by atoms with Gasteiger partial charge < -0.3 is 9.84 Å². The minimum absolute atomic E-state index is 0.297. The van der Waals surface area contributed by atoms with Crippen LogP contribution < -0.4 is 5.32 Å². The molecular weight excluding hydrogens is 168 g/mol. The molecule has 1 N–H and O–H groups in total. The van der Waals surface area contributed by atoms with Crippen molar-refractivity contribution in [1.82, 2.24) is 15.5 Å². The molecule has 1 heterocycles. The van der Waals surface area contributed by atoms with Crippen molar-refractivity contribution in [2.24, 2.45) is 0 Å². The number of hydrogen-bond acceptors (Lipinski definition) is 4. The van der Waals surface area contributed by atoms with Crippen molar-refractivity contribution in [2.75, 3.05) is 13.1 Å². The molecule has 0 aliphatic carbocycles. The second-order valence-corrected chi connectivity index (χ2v) is 2.18. The van der Waals surface area contributed by atoms with Crippen LogP contribution in [0.3, 0.4) is 0 Å². The normalized spacial score (nSPS) is 10.9. The maximum atomic E-state index is 11.6. The third kappa shape index (κ3) is 3.38. The summed E-state index contributed by atoms with van der Waals surface area (Å²) in [4.78, 5) is 3.73. The highest BCUT2D eigenvalue weighted by Crippen LogP contribution is 1.91. The molecule has 4 nitrogen and oxygen atoms in total. The minimum Gasteiger partial charge on any atom is -0.340 e. The SMILES string of the molecule is FC(F)CNCCc1ncno1. The van der Waals surface area contributed by atoms with Gasteiger partial charge in [-0.15, -0.1) is 0 Å². The van der Waals surface area contributed by atoms with Crippen LogP contribution in [0.1, 0.15) is 5.89 Å². The monoisotopic (exact) mass is 177 g/mol. The molecular formula is C6H9F2N3O. The molecule has 12 heavy (non-hydrogen) atoms. The average Bonchev–Trinajstić information content (AvgIpc) is 2.49. The van der Waals surface area contributed by atoms with E-state index in [4.69, 9.17) is 0 Å². The lowest BCUT2D eigenvalue weighted by atomic mass is 10.4. The molecule has 68 valence electrons. The summed E-state index contributed by atoms with van der Waals surface area (Å²) in [5, 5.41) is 5.92. The van der Waals surface area contributed by atoms with E-state index in [2.05, 4.69) is 20.0 Å². The zero-order valence-corrected chi connectivity index (χ0v) is 6.33. The molecule has 0 bridgehead atoms. The minimum atomic E-state index is -2.31. The lowest BCUT2D eigenvalue weighted by Crippen LogP contribution is -2.23. The average molecular weight is 177 g/mol. The van der Waals surface area contributed by atoms with Crippen molar-refractivity contribution in [3.63, 3.8) is 0 Å². The fourth-order valence-electron chi connectivity index (χ4n) is 0.713. The standard InChI is InChI=1S/C6H9F2N3O/c7-5(8)3-9-2-1-6-10-4-11-12-6/h4-5,9H,1-3H2. The first-order chi connectivity index (χ1) is 5.79. The molecule has 0 radical (unpaired) electrons. The molecule has 0 aromatic carbocycles. The first kappa shape index (κ1) is 9.05. The number of nitrogens with one attached hydrogen (secondary N) is 1. The van der Waals surface area contributed by atoms with Crippen molar-refractivity contribution in [2.45, 2.75) is 12.8 Å². The maximum Gasteiger partial charge on any atom is 0.250 e. The van der Waals surface area contributed by atoms with Crippen LogP contribution in [0, 0.1) is 0 Å². The van der Waals surface area contributed by atoms with Gasteiger partial charge >= 0.3 is 0 Å². The van der Waals surface area contributed by atoms with Gasteiger partial charge in [0.05, 0.1) is 6.54 Å². The Balaban J connectivity index is 2.04. The lowest BCUT2D eigenvalue weighted by molar-refractivity contribution is 0.146. The molecule has 0 unspecified atom stereocenters. The zero-order valence-electron chi connectivity index (χ0n) is 6.33. The van der Waals surface area contributed by atoms with Gasteiger partial charge in [0.15, 0.2) is 6.33 Å². The second kappa shape index (κ2) is 4.76. The molecule has 1 aromatic rings. The zero-order chi connectivity index (χ0) is 8.81. The number of nitrogens with zero attached hydrogens (tertiary/aromatic N) is 2. The summed E-state index contributed by atoms with van der Waals surface area (Å²) < 4.78 is 27.8. The van der Waals surface area contributed by atoms with Gasteiger partial charge in [0.25, 0.3) is 6.43 Å². The van der Waals surface area contributed by atoms with Crippen LogP contribution in [0.2, 0.25) is 0 Å². The second-order valence-electron chi connectivity index (χ2n) is 2.18. The Morgan fingerprint density at radius 2 is 2.42 bits per heavy atom. The van der Waals surface area contributed by atoms with E-state index in [0.29, 0.717) is 18.9 Å². The van der Waals surface area contributed by atoms with Gasteiger partial charge in [-0.1, -0.05) is 5.16 Å². The van der Waals surface area contributed by atoms with Crippen molar-refractivity contribution < 1.29 is 13.3 Å². The molecule has 0 saturated heterocycles. The summed E-state index contributed by atoms with van der Waals surface area (Å²) in [5.74, 6) is 0.455. The Morgan fingerprint density at radius 1 is 1.58 bits per heavy atom. The molecule has 0 spiro atoms. The van der Waals surface area contributed by atoms with Crippen LogP contribution in [0.4, 0.5) is 8.78 Å². The van der Waals surface area contributed by atoms with Crippen LogP contribution in [-0.4, -0.2) is 29.7 Å². The Hall–Kier alpha value is -1.04. The molecule has 0 amide bonds. The van der Waals surface area contributed by atoms with E-state index in [9.17, 15) is 8.78 Å². The fraction of sp³-hybridized carbons (Fsp3) is 0.667. The first-order valence-electron chi connectivity index (χ1n) is 3.53. The van der Waals surface area contributed by atoms with Gasteiger partial charge in [0, 0.05) is 13.0 Å². The van der Waals surface area contributed by atoms with E-state index in [-0.39, 0.29) is 6.54 Å². The highest BCUT2D eigenvalue weighted by atomic mass is 19.3. The van der Waals surface area contributed by atoms with E-state index in [0.717, 1.165) is 0 Å². The highest BCUT2D eigenvalue weighted by Gasteiger charge is 2.02. The molecule has 0 aliphatic heterocycles. The van der Waals surface area contributed by atoms with Crippen LogP contribution in [0.25, 0.3) is 0 Å². The van der Waals surface area contributed by atoms with E-state index >= 15 is 0 Å². The lowest BCUT2D eigenvalue weighted by Gasteiger charge is -1.99. The largest absolute Gasteiger partial charge is 0.340 e. The Kier molecular flexibility index (Phi) is 3.59. The molecule has 1 aromatic heterocycles. The van der Waals surface area contributed by atoms with Crippen LogP contribution >= 0.6 is 0 Å². The van der Waals surface area contributed by atoms with Crippen molar-refractivity contribution >= 4 is 0 Å². The van der Waals surface area contributed by atoms with E-state index in [1.807, 2.05) is 0 Å². The third-order valence-corrected chi connectivity index (χ3v) is 1.22. The number of rotatable bonds is 5. The van der Waals surface area contributed by atoms with Gasteiger partial charge in [0.2, 0.25) is 5.89 Å². The predicted molar refractivity (Wildman–Crippen MR) is 36.9 cm³/mol. The van der Waals surface area contributed by atoms with Gasteiger partial charge in [0.1, 0.15) is 0 Å².